The number of ether oxygens (including phenoxy) is 1. The highest BCUT2D eigenvalue weighted by atomic mass is 35.5. The Hall–Kier alpha value is -1.80. The zero-order chi connectivity index (χ0) is 17.6. The summed E-state index contributed by atoms with van der Waals surface area (Å²) < 4.78 is 5.35. The van der Waals surface area contributed by atoms with Gasteiger partial charge in [-0.05, 0) is 29.6 Å². The number of urea groups is 1. The third-order valence-electron chi connectivity index (χ3n) is 3.90. The van der Waals surface area contributed by atoms with Gasteiger partial charge in [0.15, 0.2) is 0 Å². The van der Waals surface area contributed by atoms with Gasteiger partial charge in [-0.25, -0.2) is 4.79 Å². The molecular formula is C17H20ClN3O3S. The number of carbonyl (C=O) groups excluding carboxylic acids is 1. The van der Waals surface area contributed by atoms with Crippen LogP contribution < -0.4 is 15.5 Å². The molecule has 3 N–H and O–H groups in total. The van der Waals surface area contributed by atoms with Gasteiger partial charge in [-0.3, -0.25) is 0 Å². The zero-order valence-electron chi connectivity index (χ0n) is 13.6. The number of hydrogen-bond donors (Lipinski definition) is 3. The van der Waals surface area contributed by atoms with Crippen LogP contribution in [0, 0.1) is 0 Å². The summed E-state index contributed by atoms with van der Waals surface area (Å²) in [7, 11) is 0. The van der Waals surface area contributed by atoms with Crippen molar-refractivity contribution in [3.63, 3.8) is 0 Å². The van der Waals surface area contributed by atoms with Crippen molar-refractivity contribution in [1.29, 1.82) is 0 Å². The Labute approximate surface area is 155 Å². The third kappa shape index (κ3) is 4.85. The molecule has 1 aliphatic heterocycles. The largest absolute Gasteiger partial charge is 0.386 e. The predicted octanol–water partition coefficient (Wildman–Crippen LogP) is 3.09. The van der Waals surface area contributed by atoms with Crippen LogP contribution in [-0.4, -0.2) is 44.0 Å². The number of aliphatic hydroxyl groups excluding tert-OH is 1. The molecule has 0 aliphatic carbocycles. The number of thiophene rings is 1. The topological polar surface area (TPSA) is 73.8 Å². The summed E-state index contributed by atoms with van der Waals surface area (Å²) in [6, 6.07) is 8.83. The number of carbonyl (C=O) groups is 1. The summed E-state index contributed by atoms with van der Waals surface area (Å²) in [6.07, 6.45) is -0.721. The monoisotopic (exact) mass is 381 g/mol. The molecule has 3 rings (SSSR count). The average molecular weight is 382 g/mol. The molecule has 1 aromatic heterocycles. The fourth-order valence-corrected chi connectivity index (χ4v) is 3.44. The van der Waals surface area contributed by atoms with Gasteiger partial charge in [-0.2, -0.15) is 0 Å². The van der Waals surface area contributed by atoms with E-state index in [2.05, 4.69) is 15.5 Å². The van der Waals surface area contributed by atoms with E-state index in [1.807, 2.05) is 29.6 Å². The molecule has 0 saturated carbocycles. The molecule has 1 atom stereocenters. The lowest BCUT2D eigenvalue weighted by Gasteiger charge is -2.29. The fourth-order valence-electron chi connectivity index (χ4n) is 2.56. The second-order valence-corrected chi connectivity index (χ2v) is 7.02. The van der Waals surface area contributed by atoms with E-state index >= 15 is 0 Å². The lowest BCUT2D eigenvalue weighted by atomic mass is 10.2. The number of rotatable bonds is 5. The van der Waals surface area contributed by atoms with Crippen LogP contribution >= 0.6 is 22.9 Å². The van der Waals surface area contributed by atoms with Gasteiger partial charge in [0.25, 0.3) is 0 Å². The molecule has 1 fully saturated rings. The average Bonchev–Trinajstić information content (AvgIpc) is 3.17. The van der Waals surface area contributed by atoms with E-state index in [-0.39, 0.29) is 6.54 Å². The SMILES string of the molecule is O=C(NC[C@@H](O)c1cccs1)Nc1cc(N2CCOCC2)ccc1Cl. The van der Waals surface area contributed by atoms with Crippen LogP contribution in [0.1, 0.15) is 11.0 Å². The number of morpholine rings is 1. The van der Waals surface area contributed by atoms with Gasteiger partial charge in [0.1, 0.15) is 6.10 Å². The Morgan fingerprint density at radius 3 is 2.88 bits per heavy atom. The Kier molecular flexibility index (Phi) is 6.14. The van der Waals surface area contributed by atoms with Crippen molar-refractivity contribution in [2.75, 3.05) is 43.1 Å². The molecule has 0 unspecified atom stereocenters. The Balaban J connectivity index is 1.58. The van der Waals surface area contributed by atoms with Crippen molar-refractivity contribution in [1.82, 2.24) is 5.32 Å². The second kappa shape index (κ2) is 8.53. The lowest BCUT2D eigenvalue weighted by Crippen LogP contribution is -2.36. The first-order chi connectivity index (χ1) is 12.1. The molecule has 0 radical (unpaired) electrons. The quantitative estimate of drug-likeness (QED) is 0.744. The molecule has 1 aliphatic rings. The van der Waals surface area contributed by atoms with E-state index in [1.54, 1.807) is 6.07 Å². The van der Waals surface area contributed by atoms with E-state index in [4.69, 9.17) is 16.3 Å². The number of halogens is 1. The van der Waals surface area contributed by atoms with Crippen LogP contribution in [0.5, 0.6) is 0 Å². The Morgan fingerprint density at radius 1 is 1.36 bits per heavy atom. The first-order valence-electron chi connectivity index (χ1n) is 8.02. The van der Waals surface area contributed by atoms with Gasteiger partial charge in [0.05, 0.1) is 30.5 Å². The minimum atomic E-state index is -0.721. The summed E-state index contributed by atoms with van der Waals surface area (Å²) in [6.45, 7) is 3.12. The standard InChI is InChI=1S/C17H20ClN3O3S/c18-13-4-3-12(21-5-7-24-8-6-21)10-14(13)20-17(23)19-11-15(22)16-2-1-9-25-16/h1-4,9-10,15,22H,5-8,11H2,(H2,19,20,23)/t15-/m1/s1. The normalized spacial score (nSPS) is 15.7. The maximum absolute atomic E-state index is 12.1. The van der Waals surface area contributed by atoms with Gasteiger partial charge in [-0.15, -0.1) is 11.3 Å². The van der Waals surface area contributed by atoms with Crippen LogP contribution in [-0.2, 0) is 4.74 Å². The van der Waals surface area contributed by atoms with E-state index in [0.29, 0.717) is 23.9 Å². The molecule has 0 bridgehead atoms. The van der Waals surface area contributed by atoms with Crippen LogP contribution in [0.2, 0.25) is 5.02 Å². The van der Waals surface area contributed by atoms with Crippen molar-refractivity contribution in [2.45, 2.75) is 6.10 Å². The first kappa shape index (κ1) is 18.0. The summed E-state index contributed by atoms with van der Waals surface area (Å²) in [5.74, 6) is 0. The summed E-state index contributed by atoms with van der Waals surface area (Å²) in [4.78, 5) is 15.1. The van der Waals surface area contributed by atoms with E-state index in [1.165, 1.54) is 11.3 Å². The van der Waals surface area contributed by atoms with E-state index in [0.717, 1.165) is 23.7 Å². The molecule has 2 aromatic rings. The van der Waals surface area contributed by atoms with Crippen molar-refractivity contribution in [3.8, 4) is 0 Å². The van der Waals surface area contributed by atoms with Crippen LogP contribution in [0.25, 0.3) is 0 Å². The number of anilines is 2. The number of aliphatic hydroxyl groups is 1. The smallest absolute Gasteiger partial charge is 0.319 e. The minimum Gasteiger partial charge on any atom is -0.386 e. The highest BCUT2D eigenvalue weighted by Gasteiger charge is 2.15. The van der Waals surface area contributed by atoms with Crippen molar-refractivity contribution in [2.24, 2.45) is 0 Å². The van der Waals surface area contributed by atoms with Gasteiger partial charge in [-0.1, -0.05) is 17.7 Å². The zero-order valence-corrected chi connectivity index (χ0v) is 15.1. The summed E-state index contributed by atoms with van der Waals surface area (Å²) >= 11 is 7.64. The molecule has 1 saturated heterocycles. The maximum Gasteiger partial charge on any atom is 0.319 e. The molecule has 6 nitrogen and oxygen atoms in total. The molecule has 8 heteroatoms. The number of nitrogens with zero attached hydrogens (tertiary/aromatic N) is 1. The number of hydrogen-bond acceptors (Lipinski definition) is 5. The Morgan fingerprint density at radius 2 is 2.16 bits per heavy atom. The van der Waals surface area contributed by atoms with Gasteiger partial charge in [0.2, 0.25) is 0 Å². The van der Waals surface area contributed by atoms with Crippen LogP contribution in [0.3, 0.4) is 0 Å². The maximum atomic E-state index is 12.1. The second-order valence-electron chi connectivity index (χ2n) is 5.63. The van der Waals surface area contributed by atoms with Crippen LogP contribution in [0.4, 0.5) is 16.2 Å². The molecule has 2 amide bonds. The first-order valence-corrected chi connectivity index (χ1v) is 9.28. The highest BCUT2D eigenvalue weighted by molar-refractivity contribution is 7.10. The highest BCUT2D eigenvalue weighted by Crippen LogP contribution is 2.28. The summed E-state index contributed by atoms with van der Waals surface area (Å²) in [5.41, 5.74) is 1.52. The fraction of sp³-hybridized carbons (Fsp3) is 0.353. The van der Waals surface area contributed by atoms with Crippen molar-refractivity contribution >= 4 is 40.3 Å². The Bertz CT molecular complexity index is 705. The number of amides is 2. The predicted molar refractivity (Wildman–Crippen MR) is 101 cm³/mol. The van der Waals surface area contributed by atoms with Crippen molar-refractivity contribution < 1.29 is 14.6 Å². The summed E-state index contributed by atoms with van der Waals surface area (Å²) in [5, 5.41) is 17.8. The van der Waals surface area contributed by atoms with Gasteiger partial charge in [0, 0.05) is 23.7 Å². The van der Waals surface area contributed by atoms with E-state index in [9.17, 15) is 9.90 Å². The number of nitrogens with one attached hydrogen (secondary N) is 2. The number of benzene rings is 1. The molecule has 0 spiro atoms. The molecule has 1 aromatic carbocycles. The molecular weight excluding hydrogens is 362 g/mol. The lowest BCUT2D eigenvalue weighted by molar-refractivity contribution is 0.122. The van der Waals surface area contributed by atoms with Gasteiger partial charge >= 0.3 is 6.03 Å². The van der Waals surface area contributed by atoms with Crippen LogP contribution in [0.15, 0.2) is 35.7 Å². The van der Waals surface area contributed by atoms with Crippen molar-refractivity contribution in [3.05, 3.63) is 45.6 Å². The molecule has 25 heavy (non-hydrogen) atoms. The third-order valence-corrected chi connectivity index (χ3v) is 5.21. The minimum absolute atomic E-state index is 0.132. The molecule has 134 valence electrons. The van der Waals surface area contributed by atoms with E-state index < -0.39 is 12.1 Å². The van der Waals surface area contributed by atoms with Gasteiger partial charge < -0.3 is 25.4 Å². The molecule has 2 heterocycles.